The minimum Gasteiger partial charge on any atom is -0.494 e. The largest absolute Gasteiger partial charge is 0.494 e. The molecule has 2 nitrogen and oxygen atoms in total. The van der Waals surface area contributed by atoms with E-state index in [4.69, 9.17) is 4.74 Å². The summed E-state index contributed by atoms with van der Waals surface area (Å²) in [5.74, 6) is 0.881. The van der Waals surface area contributed by atoms with Crippen LogP contribution in [0.15, 0.2) is 6.07 Å². The van der Waals surface area contributed by atoms with Crippen molar-refractivity contribution < 1.29 is 4.74 Å². The molecule has 0 aliphatic carbocycles. The maximum Gasteiger partial charge on any atom is 0.153 e. The lowest BCUT2D eigenvalue weighted by molar-refractivity contribution is 0.406. The van der Waals surface area contributed by atoms with Gasteiger partial charge >= 0.3 is 0 Å². The van der Waals surface area contributed by atoms with E-state index >= 15 is 0 Å². The first-order valence-electron chi connectivity index (χ1n) is 3.01. The summed E-state index contributed by atoms with van der Waals surface area (Å²) in [4.78, 5) is 4.25. The molecule has 1 aromatic rings. The number of pyridine rings is 1. The fraction of sp³-hybridized carbons (Fsp3) is 0.286. The molecular formula is C7H7I2NO. The molecule has 0 N–H and O–H groups in total. The van der Waals surface area contributed by atoms with Gasteiger partial charge in [-0.15, -0.1) is 0 Å². The highest BCUT2D eigenvalue weighted by Gasteiger charge is 2.05. The van der Waals surface area contributed by atoms with Gasteiger partial charge in [-0.05, 0) is 63.7 Å². The van der Waals surface area contributed by atoms with Crippen LogP contribution in [0.25, 0.3) is 0 Å². The maximum absolute atomic E-state index is 5.16. The second-order valence-corrected chi connectivity index (χ2v) is 4.21. The van der Waals surface area contributed by atoms with Crippen LogP contribution >= 0.6 is 45.2 Å². The van der Waals surface area contributed by atoms with E-state index in [9.17, 15) is 0 Å². The summed E-state index contributed by atoms with van der Waals surface area (Å²) < 4.78 is 7.09. The SMILES string of the molecule is COc1c(C)cc(I)nc1I. The van der Waals surface area contributed by atoms with Crippen molar-refractivity contribution in [1.82, 2.24) is 4.98 Å². The number of aromatic nitrogens is 1. The van der Waals surface area contributed by atoms with E-state index < -0.39 is 0 Å². The van der Waals surface area contributed by atoms with Gasteiger partial charge in [-0.2, -0.15) is 0 Å². The lowest BCUT2D eigenvalue weighted by atomic mass is 10.3. The quantitative estimate of drug-likeness (QED) is 0.557. The third-order valence-corrected chi connectivity index (χ3v) is 2.57. The predicted octanol–water partition coefficient (Wildman–Crippen LogP) is 2.61. The minimum absolute atomic E-state index is 0.881. The Balaban J connectivity index is 3.25. The molecule has 0 aliphatic rings. The molecule has 11 heavy (non-hydrogen) atoms. The van der Waals surface area contributed by atoms with Crippen LogP contribution in [0.3, 0.4) is 0 Å². The molecule has 0 amide bonds. The minimum atomic E-state index is 0.881. The molecule has 60 valence electrons. The van der Waals surface area contributed by atoms with Crippen LogP contribution in [0.5, 0.6) is 5.75 Å². The van der Waals surface area contributed by atoms with Crippen molar-refractivity contribution in [3.63, 3.8) is 0 Å². The van der Waals surface area contributed by atoms with E-state index in [0.717, 1.165) is 18.7 Å². The highest BCUT2D eigenvalue weighted by Crippen LogP contribution is 2.24. The van der Waals surface area contributed by atoms with Crippen molar-refractivity contribution >= 4 is 45.2 Å². The highest BCUT2D eigenvalue weighted by molar-refractivity contribution is 14.1. The number of ether oxygens (including phenoxy) is 1. The Morgan fingerprint density at radius 2 is 2.09 bits per heavy atom. The molecule has 0 saturated heterocycles. The lowest BCUT2D eigenvalue weighted by Crippen LogP contribution is -1.95. The molecule has 0 aliphatic heterocycles. The summed E-state index contributed by atoms with van der Waals surface area (Å²) in [6.07, 6.45) is 0. The Hall–Kier alpha value is 0.410. The zero-order valence-corrected chi connectivity index (χ0v) is 10.5. The van der Waals surface area contributed by atoms with E-state index in [0.29, 0.717) is 0 Å². The number of halogens is 2. The van der Waals surface area contributed by atoms with Gasteiger partial charge in [-0.25, -0.2) is 4.98 Å². The molecule has 0 radical (unpaired) electrons. The van der Waals surface area contributed by atoms with E-state index in [-0.39, 0.29) is 0 Å². The van der Waals surface area contributed by atoms with Gasteiger partial charge in [-0.1, -0.05) is 0 Å². The molecule has 0 atom stereocenters. The fourth-order valence-corrected chi connectivity index (χ4v) is 2.90. The van der Waals surface area contributed by atoms with Crippen molar-refractivity contribution in [1.29, 1.82) is 0 Å². The Morgan fingerprint density at radius 1 is 1.45 bits per heavy atom. The Kier molecular flexibility index (Phi) is 3.35. The van der Waals surface area contributed by atoms with Crippen LogP contribution in [0.1, 0.15) is 5.56 Å². The second-order valence-electron chi connectivity index (χ2n) is 2.09. The molecule has 0 fully saturated rings. The summed E-state index contributed by atoms with van der Waals surface area (Å²) in [6.45, 7) is 2.02. The maximum atomic E-state index is 5.16. The summed E-state index contributed by atoms with van der Waals surface area (Å²) in [5.41, 5.74) is 1.14. The summed E-state index contributed by atoms with van der Waals surface area (Å²) in [7, 11) is 1.67. The van der Waals surface area contributed by atoms with Crippen LogP contribution in [-0.4, -0.2) is 12.1 Å². The number of rotatable bonds is 1. The van der Waals surface area contributed by atoms with Gasteiger partial charge < -0.3 is 4.74 Å². The van der Waals surface area contributed by atoms with Crippen molar-refractivity contribution in [3.05, 3.63) is 19.0 Å². The zero-order valence-electron chi connectivity index (χ0n) is 6.19. The van der Waals surface area contributed by atoms with Crippen LogP contribution in [0.2, 0.25) is 0 Å². The third kappa shape index (κ3) is 2.17. The smallest absolute Gasteiger partial charge is 0.153 e. The summed E-state index contributed by atoms with van der Waals surface area (Å²) in [6, 6.07) is 2.00. The number of aryl methyl sites for hydroxylation is 1. The number of hydrogen-bond donors (Lipinski definition) is 0. The molecule has 1 rings (SSSR count). The van der Waals surface area contributed by atoms with Crippen LogP contribution in [-0.2, 0) is 0 Å². The Morgan fingerprint density at radius 3 is 2.55 bits per heavy atom. The van der Waals surface area contributed by atoms with Crippen LogP contribution in [0, 0.1) is 14.3 Å². The molecule has 0 aromatic carbocycles. The first-order chi connectivity index (χ1) is 5.15. The van der Waals surface area contributed by atoms with Gasteiger partial charge in [0.2, 0.25) is 0 Å². The molecule has 1 aromatic heterocycles. The molecule has 0 bridgehead atoms. The number of hydrogen-bond acceptors (Lipinski definition) is 2. The van der Waals surface area contributed by atoms with Crippen molar-refractivity contribution in [2.24, 2.45) is 0 Å². The van der Waals surface area contributed by atoms with E-state index in [1.165, 1.54) is 0 Å². The van der Waals surface area contributed by atoms with E-state index in [1.807, 2.05) is 13.0 Å². The molecule has 4 heteroatoms. The standard InChI is InChI=1S/C7H7I2NO/c1-4-3-5(8)10-7(9)6(4)11-2/h3H,1-2H3. The van der Waals surface area contributed by atoms with E-state index in [2.05, 4.69) is 50.2 Å². The Labute approximate surface area is 93.0 Å². The summed E-state index contributed by atoms with van der Waals surface area (Å²) in [5, 5.41) is 0. The zero-order chi connectivity index (χ0) is 8.43. The number of methoxy groups -OCH3 is 1. The van der Waals surface area contributed by atoms with Gasteiger partial charge in [0, 0.05) is 0 Å². The first kappa shape index (κ1) is 9.50. The third-order valence-electron chi connectivity index (χ3n) is 1.29. The average molecular weight is 375 g/mol. The van der Waals surface area contributed by atoms with Crippen LogP contribution in [0.4, 0.5) is 0 Å². The first-order valence-corrected chi connectivity index (χ1v) is 5.17. The van der Waals surface area contributed by atoms with Gasteiger partial charge in [0.1, 0.15) is 7.40 Å². The average Bonchev–Trinajstić information content (AvgIpc) is 1.85. The van der Waals surface area contributed by atoms with Gasteiger partial charge in [0.05, 0.1) is 7.11 Å². The van der Waals surface area contributed by atoms with Crippen molar-refractivity contribution in [2.75, 3.05) is 7.11 Å². The molecule has 0 unspecified atom stereocenters. The normalized spacial score (nSPS) is 9.82. The monoisotopic (exact) mass is 375 g/mol. The summed E-state index contributed by atoms with van der Waals surface area (Å²) >= 11 is 4.36. The van der Waals surface area contributed by atoms with Gasteiger partial charge in [-0.3, -0.25) is 0 Å². The van der Waals surface area contributed by atoms with Crippen molar-refractivity contribution in [2.45, 2.75) is 6.92 Å². The van der Waals surface area contributed by atoms with Gasteiger partial charge in [0.25, 0.3) is 0 Å². The molecular weight excluding hydrogens is 368 g/mol. The van der Waals surface area contributed by atoms with Crippen molar-refractivity contribution in [3.8, 4) is 5.75 Å². The van der Waals surface area contributed by atoms with E-state index in [1.54, 1.807) is 7.11 Å². The fourth-order valence-electron chi connectivity index (χ4n) is 0.829. The topological polar surface area (TPSA) is 22.1 Å². The molecule has 0 saturated carbocycles. The number of nitrogens with zero attached hydrogens (tertiary/aromatic N) is 1. The Bertz CT molecular complexity index is 252. The highest BCUT2D eigenvalue weighted by atomic mass is 127. The second kappa shape index (κ2) is 3.88. The molecule has 1 heterocycles. The lowest BCUT2D eigenvalue weighted by Gasteiger charge is -2.05. The predicted molar refractivity (Wildman–Crippen MR) is 61.0 cm³/mol. The van der Waals surface area contributed by atoms with Crippen LogP contribution < -0.4 is 4.74 Å². The molecule has 0 spiro atoms. The van der Waals surface area contributed by atoms with Gasteiger partial charge in [0.15, 0.2) is 5.75 Å².